The highest BCUT2D eigenvalue weighted by molar-refractivity contribution is 5.86. The number of carbonyl (C=O) groups excluding carboxylic acids is 2. The number of hydrogen-bond donors (Lipinski definition) is 1. The van der Waals surface area contributed by atoms with Gasteiger partial charge in [0.2, 0.25) is 5.91 Å². The van der Waals surface area contributed by atoms with Crippen molar-refractivity contribution in [2.24, 2.45) is 11.7 Å². The highest BCUT2D eigenvalue weighted by atomic mass is 16.2. The largest absolute Gasteiger partial charge is 0.339 e. The fourth-order valence-corrected chi connectivity index (χ4v) is 3.02. The van der Waals surface area contributed by atoms with Crippen molar-refractivity contribution in [3.63, 3.8) is 0 Å². The van der Waals surface area contributed by atoms with E-state index >= 15 is 0 Å². The first-order valence-electron chi connectivity index (χ1n) is 6.26. The summed E-state index contributed by atoms with van der Waals surface area (Å²) in [7, 11) is 0. The number of hydrogen-bond acceptors (Lipinski definition) is 3. The molecule has 2 fully saturated rings. The van der Waals surface area contributed by atoms with Crippen LogP contribution in [0.5, 0.6) is 0 Å². The number of amides is 1. The quantitative estimate of drug-likeness (QED) is 0.750. The van der Waals surface area contributed by atoms with Crippen molar-refractivity contribution in [1.29, 1.82) is 0 Å². The molecule has 4 nitrogen and oxygen atoms in total. The Morgan fingerprint density at radius 3 is 2.88 bits per heavy atom. The number of Topliss-reactive ketones (excluding diaryl/α,β-unsaturated/α-hetero) is 1. The summed E-state index contributed by atoms with van der Waals surface area (Å²) in [6.07, 6.45) is 5.18. The summed E-state index contributed by atoms with van der Waals surface area (Å²) < 4.78 is 0. The third-order valence-electron chi connectivity index (χ3n) is 3.82. The molecule has 90 valence electrons. The molecule has 2 N–H and O–H groups in total. The summed E-state index contributed by atoms with van der Waals surface area (Å²) in [5, 5.41) is 0. The molecule has 2 unspecified atom stereocenters. The monoisotopic (exact) mass is 224 g/mol. The van der Waals surface area contributed by atoms with Crippen molar-refractivity contribution < 1.29 is 9.59 Å². The lowest BCUT2D eigenvalue weighted by Crippen LogP contribution is -2.53. The molecular formula is C12H20N2O2. The zero-order valence-electron chi connectivity index (χ0n) is 9.65. The third-order valence-corrected chi connectivity index (χ3v) is 3.82. The minimum Gasteiger partial charge on any atom is -0.339 e. The van der Waals surface area contributed by atoms with Crippen molar-refractivity contribution >= 4 is 11.7 Å². The first-order chi connectivity index (χ1) is 7.74. The number of nitrogens with zero attached hydrogens (tertiary/aromatic N) is 1. The van der Waals surface area contributed by atoms with Gasteiger partial charge in [-0.1, -0.05) is 12.8 Å². The lowest BCUT2D eigenvalue weighted by Gasteiger charge is -2.43. The van der Waals surface area contributed by atoms with Gasteiger partial charge in [-0.2, -0.15) is 0 Å². The Morgan fingerprint density at radius 1 is 1.38 bits per heavy atom. The van der Waals surface area contributed by atoms with Crippen LogP contribution in [0.2, 0.25) is 0 Å². The van der Waals surface area contributed by atoms with Gasteiger partial charge < -0.3 is 10.6 Å². The highest BCUT2D eigenvalue weighted by Gasteiger charge is 2.39. The summed E-state index contributed by atoms with van der Waals surface area (Å²) in [6, 6.07) is 0.175. The van der Waals surface area contributed by atoms with Crippen LogP contribution in [-0.4, -0.2) is 35.7 Å². The van der Waals surface area contributed by atoms with E-state index in [1.165, 1.54) is 0 Å². The summed E-state index contributed by atoms with van der Waals surface area (Å²) in [5.41, 5.74) is 5.42. The smallest absolute Gasteiger partial charge is 0.224 e. The summed E-state index contributed by atoms with van der Waals surface area (Å²) >= 11 is 0. The molecule has 1 saturated heterocycles. The third kappa shape index (κ3) is 2.12. The molecule has 2 rings (SSSR count). The molecule has 0 aromatic heterocycles. The van der Waals surface area contributed by atoms with Crippen LogP contribution in [0.15, 0.2) is 0 Å². The molecule has 1 saturated carbocycles. The highest BCUT2D eigenvalue weighted by Crippen LogP contribution is 2.33. The Labute approximate surface area is 96.2 Å². The summed E-state index contributed by atoms with van der Waals surface area (Å²) in [6.45, 7) is 1.01. The lowest BCUT2D eigenvalue weighted by molar-refractivity contribution is -0.143. The van der Waals surface area contributed by atoms with Gasteiger partial charge in [0.05, 0.1) is 0 Å². The van der Waals surface area contributed by atoms with Gasteiger partial charge in [0.1, 0.15) is 5.78 Å². The van der Waals surface area contributed by atoms with E-state index in [2.05, 4.69) is 0 Å². The van der Waals surface area contributed by atoms with Crippen LogP contribution in [-0.2, 0) is 9.59 Å². The minimum atomic E-state index is 0.115. The van der Waals surface area contributed by atoms with E-state index in [1.807, 2.05) is 4.90 Å². The first-order valence-corrected chi connectivity index (χ1v) is 6.26. The maximum Gasteiger partial charge on any atom is 0.224 e. The molecule has 1 aliphatic heterocycles. The molecule has 16 heavy (non-hydrogen) atoms. The maximum absolute atomic E-state index is 11.9. The van der Waals surface area contributed by atoms with Crippen LogP contribution in [0.3, 0.4) is 0 Å². The molecule has 0 aromatic rings. The van der Waals surface area contributed by atoms with E-state index in [9.17, 15) is 9.59 Å². The topological polar surface area (TPSA) is 63.4 Å². The Bertz CT molecular complexity index is 291. The molecule has 1 aliphatic carbocycles. The standard InChI is InChI=1S/C12H20N2O2/c13-7-5-12(16)14-8-6-11(15)9-3-1-2-4-10(9)14/h9-10H,1-8,13H2. The van der Waals surface area contributed by atoms with Gasteiger partial charge in [0.15, 0.2) is 0 Å². The Balaban J connectivity index is 2.08. The molecule has 0 radical (unpaired) electrons. The number of piperidine rings is 1. The Morgan fingerprint density at radius 2 is 2.12 bits per heavy atom. The Hall–Kier alpha value is -0.900. The molecule has 2 aliphatic rings. The van der Waals surface area contributed by atoms with Crippen LogP contribution in [0, 0.1) is 5.92 Å². The zero-order valence-corrected chi connectivity index (χ0v) is 9.65. The lowest BCUT2D eigenvalue weighted by atomic mass is 9.77. The normalized spacial score (nSPS) is 30.1. The van der Waals surface area contributed by atoms with E-state index in [1.54, 1.807) is 0 Å². The van der Waals surface area contributed by atoms with E-state index in [0.29, 0.717) is 31.7 Å². The minimum absolute atomic E-state index is 0.115. The maximum atomic E-state index is 11.9. The van der Waals surface area contributed by atoms with Gasteiger partial charge in [-0.3, -0.25) is 9.59 Å². The average molecular weight is 224 g/mol. The van der Waals surface area contributed by atoms with Crippen molar-refractivity contribution in [2.45, 2.75) is 44.6 Å². The van der Waals surface area contributed by atoms with Gasteiger partial charge in [0, 0.05) is 37.9 Å². The summed E-state index contributed by atoms with van der Waals surface area (Å²) in [4.78, 5) is 25.6. The van der Waals surface area contributed by atoms with Crippen molar-refractivity contribution in [2.75, 3.05) is 13.1 Å². The van der Waals surface area contributed by atoms with Gasteiger partial charge in [-0.15, -0.1) is 0 Å². The SMILES string of the molecule is NCCC(=O)N1CCC(=O)C2CCCCC21. The van der Waals surface area contributed by atoms with E-state index < -0.39 is 0 Å². The molecule has 0 aromatic carbocycles. The number of likely N-dealkylation sites (tertiary alicyclic amines) is 1. The van der Waals surface area contributed by atoms with Crippen molar-refractivity contribution in [3.8, 4) is 0 Å². The zero-order chi connectivity index (χ0) is 11.5. The van der Waals surface area contributed by atoms with Crippen LogP contribution in [0.25, 0.3) is 0 Å². The molecule has 0 spiro atoms. The predicted molar refractivity (Wildman–Crippen MR) is 60.8 cm³/mol. The number of rotatable bonds is 2. The molecular weight excluding hydrogens is 204 g/mol. The number of carbonyl (C=O) groups is 2. The molecule has 2 atom stereocenters. The van der Waals surface area contributed by atoms with Crippen LogP contribution in [0.4, 0.5) is 0 Å². The number of ketones is 1. The predicted octanol–water partition coefficient (Wildman–Crippen LogP) is 0.695. The number of fused-ring (bicyclic) bond motifs is 1. The second-order valence-corrected chi connectivity index (χ2v) is 4.80. The van der Waals surface area contributed by atoms with Gasteiger partial charge in [-0.25, -0.2) is 0 Å². The fourth-order valence-electron chi connectivity index (χ4n) is 3.02. The second kappa shape index (κ2) is 4.95. The molecule has 1 amide bonds. The number of nitrogens with two attached hydrogens (primary N) is 1. The fraction of sp³-hybridized carbons (Fsp3) is 0.833. The second-order valence-electron chi connectivity index (χ2n) is 4.80. The van der Waals surface area contributed by atoms with Crippen molar-refractivity contribution in [3.05, 3.63) is 0 Å². The van der Waals surface area contributed by atoms with E-state index in [-0.39, 0.29) is 17.9 Å². The molecule has 0 bridgehead atoms. The van der Waals surface area contributed by atoms with E-state index in [0.717, 1.165) is 25.7 Å². The first kappa shape index (κ1) is 11.6. The molecule has 1 heterocycles. The van der Waals surface area contributed by atoms with E-state index in [4.69, 9.17) is 5.73 Å². The van der Waals surface area contributed by atoms with Crippen LogP contribution >= 0.6 is 0 Å². The van der Waals surface area contributed by atoms with Gasteiger partial charge >= 0.3 is 0 Å². The summed E-state index contributed by atoms with van der Waals surface area (Å²) in [5.74, 6) is 0.609. The van der Waals surface area contributed by atoms with Gasteiger partial charge in [0.25, 0.3) is 0 Å². The van der Waals surface area contributed by atoms with Gasteiger partial charge in [-0.05, 0) is 12.8 Å². The Kier molecular flexibility index (Phi) is 3.59. The van der Waals surface area contributed by atoms with Crippen LogP contribution in [0.1, 0.15) is 38.5 Å². The average Bonchev–Trinajstić information content (AvgIpc) is 2.30. The van der Waals surface area contributed by atoms with Crippen LogP contribution < -0.4 is 5.73 Å². The van der Waals surface area contributed by atoms with Crippen molar-refractivity contribution in [1.82, 2.24) is 4.90 Å². The molecule has 4 heteroatoms.